The minimum atomic E-state index is 0.113. The molecule has 0 saturated carbocycles. The third-order valence-corrected chi connectivity index (χ3v) is 5.82. The second-order valence-electron chi connectivity index (χ2n) is 6.16. The van der Waals surface area contributed by atoms with Gasteiger partial charge in [-0.1, -0.05) is 12.1 Å². The predicted molar refractivity (Wildman–Crippen MR) is 91.2 cm³/mol. The highest BCUT2D eigenvalue weighted by molar-refractivity contribution is 7.18. The Morgan fingerprint density at radius 1 is 1.35 bits per heavy atom. The number of hydrogen-bond donors (Lipinski definition) is 0. The lowest BCUT2D eigenvalue weighted by Crippen LogP contribution is -2.33. The number of ether oxygens (including phenoxy) is 1. The van der Waals surface area contributed by atoms with Gasteiger partial charge in [-0.15, -0.1) is 11.3 Å². The van der Waals surface area contributed by atoms with Crippen LogP contribution in [0.4, 0.5) is 0 Å². The molecule has 0 spiro atoms. The molecule has 1 saturated heterocycles. The summed E-state index contributed by atoms with van der Waals surface area (Å²) in [6.45, 7) is 3.45. The van der Waals surface area contributed by atoms with E-state index in [1.807, 2.05) is 30.0 Å². The number of para-hydroxylation sites is 1. The first kappa shape index (κ1) is 14.7. The van der Waals surface area contributed by atoms with Crippen molar-refractivity contribution >= 4 is 27.5 Å². The van der Waals surface area contributed by atoms with Crippen LogP contribution in [0.5, 0.6) is 0 Å². The van der Waals surface area contributed by atoms with Crippen molar-refractivity contribution in [2.45, 2.75) is 38.6 Å². The van der Waals surface area contributed by atoms with Crippen molar-refractivity contribution in [1.29, 1.82) is 0 Å². The molecular weight excluding hydrogens is 308 g/mol. The number of hydrogen-bond acceptors (Lipinski definition) is 4. The van der Waals surface area contributed by atoms with Crippen LogP contribution in [-0.4, -0.2) is 28.9 Å². The molecule has 1 aromatic heterocycles. The van der Waals surface area contributed by atoms with E-state index >= 15 is 0 Å². The third-order valence-electron chi connectivity index (χ3n) is 4.68. The fourth-order valence-corrected chi connectivity index (χ4v) is 4.58. The summed E-state index contributed by atoms with van der Waals surface area (Å²) in [5, 5.41) is 1.06. The summed E-state index contributed by atoms with van der Waals surface area (Å²) in [5.74, 6) is 0.945. The Labute approximate surface area is 139 Å². The summed E-state index contributed by atoms with van der Waals surface area (Å²) in [6, 6.07) is 8.30. The Hall–Kier alpha value is -1.88. The highest BCUT2D eigenvalue weighted by Crippen LogP contribution is 2.38. The zero-order valence-corrected chi connectivity index (χ0v) is 14.1. The van der Waals surface area contributed by atoms with Crippen molar-refractivity contribution in [3.8, 4) is 0 Å². The molecule has 2 aromatic rings. The summed E-state index contributed by atoms with van der Waals surface area (Å²) < 4.78 is 6.77. The summed E-state index contributed by atoms with van der Waals surface area (Å²) in [7, 11) is 0. The number of carbonyl (C=O) groups is 1. The van der Waals surface area contributed by atoms with Crippen molar-refractivity contribution in [3.63, 3.8) is 0 Å². The third kappa shape index (κ3) is 2.63. The number of thiazole rings is 1. The van der Waals surface area contributed by atoms with Gasteiger partial charge in [0.2, 0.25) is 0 Å². The van der Waals surface area contributed by atoms with E-state index in [0.29, 0.717) is 0 Å². The largest absolute Gasteiger partial charge is 0.498 e. The van der Waals surface area contributed by atoms with Gasteiger partial charge >= 0.3 is 0 Å². The maximum Gasteiger partial charge on any atom is 0.253 e. The van der Waals surface area contributed by atoms with E-state index in [1.54, 1.807) is 11.3 Å². The molecule has 1 amide bonds. The summed E-state index contributed by atoms with van der Waals surface area (Å²) in [6.07, 6.45) is 3.80. The lowest BCUT2D eigenvalue weighted by atomic mass is 10.1. The number of benzene rings is 1. The van der Waals surface area contributed by atoms with Crippen molar-refractivity contribution in [2.24, 2.45) is 0 Å². The molecule has 4 nitrogen and oxygen atoms in total. The Balaban J connectivity index is 1.65. The quantitative estimate of drug-likeness (QED) is 0.835. The Kier molecular flexibility index (Phi) is 3.81. The number of carbonyl (C=O) groups excluding carboxylic acids is 1. The van der Waals surface area contributed by atoms with Crippen LogP contribution in [-0.2, 0) is 9.53 Å². The van der Waals surface area contributed by atoms with E-state index in [-0.39, 0.29) is 11.9 Å². The molecule has 1 unspecified atom stereocenters. The fourth-order valence-electron chi connectivity index (χ4n) is 3.47. The van der Waals surface area contributed by atoms with Gasteiger partial charge in [0.25, 0.3) is 5.91 Å². The van der Waals surface area contributed by atoms with E-state index in [1.165, 1.54) is 4.70 Å². The van der Waals surface area contributed by atoms with Gasteiger partial charge in [0.05, 0.1) is 28.4 Å². The summed E-state index contributed by atoms with van der Waals surface area (Å²) in [5.41, 5.74) is 1.88. The highest BCUT2D eigenvalue weighted by Gasteiger charge is 2.34. The molecule has 120 valence electrons. The number of rotatable bonds is 2. The maximum absolute atomic E-state index is 13.0. The Bertz CT molecular complexity index is 747. The molecule has 3 heterocycles. The van der Waals surface area contributed by atoms with Gasteiger partial charge in [0, 0.05) is 6.54 Å². The van der Waals surface area contributed by atoms with Crippen molar-refractivity contribution in [1.82, 2.24) is 9.88 Å². The molecule has 5 heteroatoms. The van der Waals surface area contributed by atoms with Gasteiger partial charge in [-0.25, -0.2) is 4.98 Å². The summed E-state index contributed by atoms with van der Waals surface area (Å²) >= 11 is 1.71. The van der Waals surface area contributed by atoms with E-state index in [9.17, 15) is 4.79 Å². The van der Waals surface area contributed by atoms with E-state index in [4.69, 9.17) is 9.72 Å². The molecule has 0 radical (unpaired) electrons. The number of aromatic nitrogens is 1. The van der Waals surface area contributed by atoms with Gasteiger partial charge in [0.1, 0.15) is 10.8 Å². The second-order valence-corrected chi connectivity index (χ2v) is 7.23. The van der Waals surface area contributed by atoms with Crippen LogP contribution < -0.4 is 0 Å². The molecule has 2 aliphatic heterocycles. The molecular formula is C18H20N2O2S. The number of nitrogens with zero attached hydrogens (tertiary/aromatic N) is 2. The maximum atomic E-state index is 13.0. The average Bonchev–Trinajstić information content (AvgIpc) is 3.21. The lowest BCUT2D eigenvalue weighted by Gasteiger charge is -2.27. The topological polar surface area (TPSA) is 42.4 Å². The van der Waals surface area contributed by atoms with Crippen LogP contribution in [0.2, 0.25) is 0 Å². The van der Waals surface area contributed by atoms with E-state index in [0.717, 1.165) is 60.7 Å². The molecule has 0 bridgehead atoms. The molecule has 1 aromatic carbocycles. The van der Waals surface area contributed by atoms with Gasteiger partial charge in [-0.05, 0) is 44.7 Å². The molecule has 0 aliphatic carbocycles. The van der Waals surface area contributed by atoms with E-state index < -0.39 is 0 Å². The second kappa shape index (κ2) is 5.96. The average molecular weight is 328 g/mol. The number of fused-ring (bicyclic) bond motifs is 1. The highest BCUT2D eigenvalue weighted by atomic mass is 32.1. The first-order chi connectivity index (χ1) is 11.2. The van der Waals surface area contributed by atoms with Crippen molar-refractivity contribution < 1.29 is 9.53 Å². The van der Waals surface area contributed by atoms with Crippen LogP contribution in [0.25, 0.3) is 10.2 Å². The molecule has 0 N–H and O–H groups in total. The van der Waals surface area contributed by atoms with E-state index in [2.05, 4.69) is 6.07 Å². The van der Waals surface area contributed by atoms with Crippen LogP contribution >= 0.6 is 11.3 Å². The molecule has 1 atom stereocenters. The van der Waals surface area contributed by atoms with Crippen LogP contribution in [0.15, 0.2) is 35.6 Å². The SMILES string of the molecule is CC1=C(C(=O)N2CCCC2c2nc3ccccc3s2)CCCO1. The number of amides is 1. The zero-order chi connectivity index (χ0) is 15.8. The van der Waals surface area contributed by atoms with Gasteiger partial charge in [-0.2, -0.15) is 0 Å². The number of likely N-dealkylation sites (tertiary alicyclic amines) is 1. The molecule has 4 rings (SSSR count). The minimum Gasteiger partial charge on any atom is -0.498 e. The smallest absolute Gasteiger partial charge is 0.253 e. The van der Waals surface area contributed by atoms with Gasteiger partial charge in [-0.3, -0.25) is 4.79 Å². The minimum absolute atomic E-state index is 0.113. The standard InChI is InChI=1S/C18H20N2O2S/c1-12-13(6-5-11-22-12)18(21)20-10-4-8-15(20)17-19-14-7-2-3-9-16(14)23-17/h2-3,7,9,15H,4-6,8,10-11H2,1H3. The molecule has 2 aliphatic rings. The number of allylic oxidation sites excluding steroid dienone is 1. The molecule has 23 heavy (non-hydrogen) atoms. The summed E-state index contributed by atoms with van der Waals surface area (Å²) in [4.78, 5) is 19.7. The van der Waals surface area contributed by atoms with Gasteiger partial charge in [0.15, 0.2) is 0 Å². The van der Waals surface area contributed by atoms with Crippen LogP contribution in [0.1, 0.15) is 43.7 Å². The van der Waals surface area contributed by atoms with Crippen LogP contribution in [0.3, 0.4) is 0 Å². The zero-order valence-electron chi connectivity index (χ0n) is 13.2. The van der Waals surface area contributed by atoms with Crippen molar-refractivity contribution in [3.05, 3.63) is 40.6 Å². The monoisotopic (exact) mass is 328 g/mol. The van der Waals surface area contributed by atoms with Crippen molar-refractivity contribution in [2.75, 3.05) is 13.2 Å². The lowest BCUT2D eigenvalue weighted by molar-refractivity contribution is -0.128. The first-order valence-corrected chi connectivity index (χ1v) is 9.04. The Morgan fingerprint density at radius 2 is 2.22 bits per heavy atom. The van der Waals surface area contributed by atoms with Gasteiger partial charge < -0.3 is 9.64 Å². The molecule has 1 fully saturated rings. The Morgan fingerprint density at radius 3 is 3.04 bits per heavy atom. The normalized spacial score (nSPS) is 21.8. The predicted octanol–water partition coefficient (Wildman–Crippen LogP) is 4.04. The van der Waals surface area contributed by atoms with Crippen LogP contribution in [0, 0.1) is 0 Å². The first-order valence-electron chi connectivity index (χ1n) is 8.23. The fraction of sp³-hybridized carbons (Fsp3) is 0.444.